The number of carbonyl (C=O) groups is 2. The van der Waals surface area contributed by atoms with Crippen LogP contribution in [0.15, 0.2) is 29.2 Å². The number of aliphatic hydroxyl groups excluding tert-OH is 1. The smallest absolute Gasteiger partial charge is 0.407 e. The summed E-state index contributed by atoms with van der Waals surface area (Å²) in [5.41, 5.74) is -1.50. The SMILES string of the molecule is CCOC(=O)CC(C(CC(C)C)NC(=O)OC(C)(C)C)N(CCO)S(=O)(=O)c1ccccc1[N+](=O)[O-]. The Morgan fingerprint density at radius 1 is 1.22 bits per heavy atom. The fraction of sp³-hybridized carbons (Fsp3) is 0.652. The fourth-order valence-electron chi connectivity index (χ4n) is 3.63. The number of carbonyl (C=O) groups excluding carboxylic acids is 2. The zero-order valence-corrected chi connectivity index (χ0v) is 22.4. The monoisotopic (exact) mass is 531 g/mol. The number of ether oxygens (including phenoxy) is 2. The van der Waals surface area contributed by atoms with Gasteiger partial charge in [-0.1, -0.05) is 26.0 Å². The number of sulfonamides is 1. The van der Waals surface area contributed by atoms with Gasteiger partial charge in [0, 0.05) is 18.7 Å². The summed E-state index contributed by atoms with van der Waals surface area (Å²) < 4.78 is 38.7. The Labute approximate surface area is 212 Å². The molecule has 0 saturated carbocycles. The first-order valence-corrected chi connectivity index (χ1v) is 13.1. The van der Waals surface area contributed by atoms with E-state index in [1.165, 1.54) is 12.1 Å². The topological polar surface area (TPSA) is 165 Å². The van der Waals surface area contributed by atoms with E-state index in [0.717, 1.165) is 16.4 Å². The Bertz CT molecular complexity index is 1010. The molecule has 0 spiro atoms. The number of nitro groups is 1. The van der Waals surface area contributed by atoms with Crippen molar-refractivity contribution in [3.05, 3.63) is 34.4 Å². The van der Waals surface area contributed by atoms with E-state index in [1.807, 2.05) is 13.8 Å². The molecule has 0 aliphatic carbocycles. The summed E-state index contributed by atoms with van der Waals surface area (Å²) in [6.45, 7) is 9.19. The molecule has 0 heterocycles. The van der Waals surface area contributed by atoms with E-state index in [2.05, 4.69) is 5.32 Å². The molecule has 204 valence electrons. The number of amides is 1. The Balaban J connectivity index is 3.68. The highest BCUT2D eigenvalue weighted by Crippen LogP contribution is 2.30. The lowest BCUT2D eigenvalue weighted by Crippen LogP contribution is -2.56. The molecule has 2 unspecified atom stereocenters. The summed E-state index contributed by atoms with van der Waals surface area (Å²) in [7, 11) is -4.62. The zero-order valence-electron chi connectivity index (χ0n) is 21.6. The van der Waals surface area contributed by atoms with E-state index < -0.39 is 74.8 Å². The summed E-state index contributed by atoms with van der Waals surface area (Å²) in [4.78, 5) is 35.3. The molecule has 0 radical (unpaired) electrons. The van der Waals surface area contributed by atoms with Gasteiger partial charge in [0.15, 0.2) is 4.90 Å². The van der Waals surface area contributed by atoms with Gasteiger partial charge in [0.1, 0.15) is 5.60 Å². The molecule has 1 amide bonds. The Hall–Kier alpha value is -2.77. The number of benzene rings is 1. The number of para-hydroxylation sites is 1. The number of esters is 1. The second-order valence-electron chi connectivity index (χ2n) is 9.52. The van der Waals surface area contributed by atoms with E-state index >= 15 is 0 Å². The van der Waals surface area contributed by atoms with Crippen LogP contribution in [0, 0.1) is 16.0 Å². The maximum atomic E-state index is 13.7. The predicted molar refractivity (Wildman–Crippen MR) is 132 cm³/mol. The molecule has 0 aromatic heterocycles. The number of hydrogen-bond acceptors (Lipinski definition) is 9. The molecule has 0 bridgehead atoms. The number of alkyl carbamates (subject to hydrolysis) is 1. The van der Waals surface area contributed by atoms with Crippen molar-refractivity contribution in [2.45, 2.75) is 77.0 Å². The molecule has 1 rings (SSSR count). The molecule has 36 heavy (non-hydrogen) atoms. The van der Waals surface area contributed by atoms with Crippen molar-refractivity contribution in [1.29, 1.82) is 0 Å². The maximum Gasteiger partial charge on any atom is 0.407 e. The van der Waals surface area contributed by atoms with Crippen LogP contribution in [0.1, 0.15) is 54.4 Å². The van der Waals surface area contributed by atoms with Crippen LogP contribution in [0.25, 0.3) is 0 Å². The summed E-state index contributed by atoms with van der Waals surface area (Å²) in [6, 6.07) is 2.61. The highest BCUT2D eigenvalue weighted by atomic mass is 32.2. The lowest BCUT2D eigenvalue weighted by Gasteiger charge is -2.36. The third kappa shape index (κ3) is 9.36. The molecule has 2 N–H and O–H groups in total. The Morgan fingerprint density at radius 3 is 2.33 bits per heavy atom. The first-order valence-electron chi connectivity index (χ1n) is 11.6. The molecule has 0 aliphatic rings. The van der Waals surface area contributed by atoms with Gasteiger partial charge in [-0.15, -0.1) is 0 Å². The zero-order chi connectivity index (χ0) is 27.7. The molecule has 0 saturated heterocycles. The largest absolute Gasteiger partial charge is 0.466 e. The molecule has 0 aliphatic heterocycles. The minimum atomic E-state index is -4.62. The van der Waals surface area contributed by atoms with E-state index in [1.54, 1.807) is 27.7 Å². The summed E-state index contributed by atoms with van der Waals surface area (Å²) >= 11 is 0. The van der Waals surface area contributed by atoms with Crippen LogP contribution in [0.2, 0.25) is 0 Å². The predicted octanol–water partition coefficient (Wildman–Crippen LogP) is 2.84. The van der Waals surface area contributed by atoms with Crippen LogP contribution in [-0.2, 0) is 24.3 Å². The van der Waals surface area contributed by atoms with E-state index in [4.69, 9.17) is 9.47 Å². The second-order valence-corrected chi connectivity index (χ2v) is 11.4. The minimum absolute atomic E-state index is 0.0385. The average Bonchev–Trinajstić information content (AvgIpc) is 2.74. The van der Waals surface area contributed by atoms with Crippen molar-refractivity contribution in [1.82, 2.24) is 9.62 Å². The number of aliphatic hydroxyl groups is 1. The summed E-state index contributed by atoms with van der Waals surface area (Å²) in [5, 5.41) is 24.0. The lowest BCUT2D eigenvalue weighted by atomic mass is 9.95. The first kappa shape index (κ1) is 31.3. The van der Waals surface area contributed by atoms with E-state index in [9.17, 15) is 33.2 Å². The first-order chi connectivity index (χ1) is 16.6. The van der Waals surface area contributed by atoms with Gasteiger partial charge in [0.2, 0.25) is 10.0 Å². The van der Waals surface area contributed by atoms with Gasteiger partial charge >= 0.3 is 12.1 Å². The quantitative estimate of drug-likeness (QED) is 0.221. The van der Waals surface area contributed by atoms with Crippen molar-refractivity contribution in [3.8, 4) is 0 Å². The Morgan fingerprint density at radius 2 is 1.83 bits per heavy atom. The highest BCUT2D eigenvalue weighted by molar-refractivity contribution is 7.89. The molecule has 13 heteroatoms. The van der Waals surface area contributed by atoms with Gasteiger partial charge in [-0.3, -0.25) is 14.9 Å². The van der Waals surface area contributed by atoms with Gasteiger partial charge in [0.25, 0.3) is 5.69 Å². The van der Waals surface area contributed by atoms with Crippen molar-refractivity contribution >= 4 is 27.8 Å². The molecule has 2 atom stereocenters. The van der Waals surface area contributed by atoms with Crippen molar-refractivity contribution in [2.75, 3.05) is 19.8 Å². The van der Waals surface area contributed by atoms with Crippen LogP contribution < -0.4 is 5.32 Å². The number of hydrogen-bond donors (Lipinski definition) is 2. The lowest BCUT2D eigenvalue weighted by molar-refractivity contribution is -0.387. The molecular formula is C23H37N3O9S. The average molecular weight is 532 g/mol. The Kier molecular flexibility index (Phi) is 11.7. The van der Waals surface area contributed by atoms with Gasteiger partial charge in [-0.25, -0.2) is 13.2 Å². The van der Waals surface area contributed by atoms with E-state index in [0.29, 0.717) is 0 Å². The van der Waals surface area contributed by atoms with Crippen molar-refractivity contribution in [2.24, 2.45) is 5.92 Å². The van der Waals surface area contributed by atoms with Crippen molar-refractivity contribution < 1.29 is 37.5 Å². The number of nitrogens with one attached hydrogen (secondary N) is 1. The third-order valence-electron chi connectivity index (χ3n) is 4.91. The highest BCUT2D eigenvalue weighted by Gasteiger charge is 2.41. The van der Waals surface area contributed by atoms with Crippen LogP contribution in [0.5, 0.6) is 0 Å². The molecule has 1 aromatic rings. The van der Waals surface area contributed by atoms with Gasteiger partial charge in [-0.05, 0) is 46.1 Å². The molecular weight excluding hydrogens is 494 g/mol. The summed E-state index contributed by atoms with van der Waals surface area (Å²) in [6.07, 6.45) is -1.06. The number of nitrogens with zero attached hydrogens (tertiary/aromatic N) is 2. The van der Waals surface area contributed by atoms with Crippen LogP contribution in [-0.4, -0.2) is 72.3 Å². The van der Waals surface area contributed by atoms with Crippen molar-refractivity contribution in [3.63, 3.8) is 0 Å². The van der Waals surface area contributed by atoms with Gasteiger partial charge in [0.05, 0.1) is 30.6 Å². The number of nitro benzene ring substituents is 1. The molecule has 12 nitrogen and oxygen atoms in total. The normalized spacial score (nSPS) is 13.8. The van der Waals surface area contributed by atoms with Gasteiger partial charge in [-0.2, -0.15) is 4.31 Å². The van der Waals surface area contributed by atoms with Crippen LogP contribution in [0.4, 0.5) is 10.5 Å². The molecule has 1 aromatic carbocycles. The van der Waals surface area contributed by atoms with Crippen LogP contribution >= 0.6 is 0 Å². The minimum Gasteiger partial charge on any atom is -0.466 e. The standard InChI is InChI=1S/C23H37N3O9S/c1-7-34-21(28)15-19(17(14-16(2)3)24-22(29)35-23(4,5)6)25(12-13-27)36(32,33)20-11-9-8-10-18(20)26(30)31/h8-11,16-17,19,27H,7,12-15H2,1-6H3,(H,24,29). The number of rotatable bonds is 13. The summed E-state index contributed by atoms with van der Waals surface area (Å²) in [5.74, 6) is -0.790. The molecule has 0 fully saturated rings. The third-order valence-corrected chi connectivity index (χ3v) is 6.88. The van der Waals surface area contributed by atoms with Gasteiger partial charge < -0.3 is 19.9 Å². The maximum absolute atomic E-state index is 13.7. The van der Waals surface area contributed by atoms with Crippen LogP contribution in [0.3, 0.4) is 0 Å². The second kappa shape index (κ2) is 13.5. The fourth-order valence-corrected chi connectivity index (χ4v) is 5.44. The van der Waals surface area contributed by atoms with E-state index in [-0.39, 0.29) is 18.9 Å².